The lowest BCUT2D eigenvalue weighted by atomic mass is 10.1. The minimum Gasteiger partial charge on any atom is -0.368 e. The van der Waals surface area contributed by atoms with Crippen LogP contribution in [0.5, 0.6) is 0 Å². The summed E-state index contributed by atoms with van der Waals surface area (Å²) < 4.78 is 1.08. The van der Waals surface area contributed by atoms with E-state index in [4.69, 9.17) is 5.73 Å². The second kappa shape index (κ2) is 6.82. The van der Waals surface area contributed by atoms with Gasteiger partial charge in [0.05, 0.1) is 0 Å². The van der Waals surface area contributed by atoms with E-state index >= 15 is 0 Å². The first kappa shape index (κ1) is 14.3. The molecule has 2 nitrogen and oxygen atoms in total. The summed E-state index contributed by atoms with van der Waals surface area (Å²) >= 11 is 3.59. The van der Waals surface area contributed by atoms with Crippen LogP contribution in [0.25, 0.3) is 0 Å². The zero-order valence-electron chi connectivity index (χ0n) is 10.6. The summed E-state index contributed by atoms with van der Waals surface area (Å²) in [4.78, 5) is 2.31. The third-order valence-electron chi connectivity index (χ3n) is 2.68. The molecule has 0 aliphatic heterocycles. The second-order valence-corrected chi connectivity index (χ2v) is 5.08. The minimum absolute atomic E-state index is 0.0532. The smallest absolute Gasteiger partial charge is 0.0380 e. The van der Waals surface area contributed by atoms with Crippen molar-refractivity contribution in [2.75, 3.05) is 18.0 Å². The number of halogens is 1. The van der Waals surface area contributed by atoms with Crippen LogP contribution in [0, 0.1) is 0 Å². The van der Waals surface area contributed by atoms with Crippen LogP contribution in [-0.4, -0.2) is 13.1 Å². The molecule has 0 fully saturated rings. The molecular weight excluding hydrogens is 276 g/mol. The Morgan fingerprint density at radius 2 is 2.24 bits per heavy atom. The van der Waals surface area contributed by atoms with Gasteiger partial charge in [0.2, 0.25) is 0 Å². The van der Waals surface area contributed by atoms with Gasteiger partial charge in [0, 0.05) is 29.3 Å². The number of benzene rings is 1. The van der Waals surface area contributed by atoms with Crippen LogP contribution in [0.3, 0.4) is 0 Å². The lowest BCUT2D eigenvalue weighted by Gasteiger charge is -2.23. The van der Waals surface area contributed by atoms with Gasteiger partial charge in [0.15, 0.2) is 0 Å². The van der Waals surface area contributed by atoms with Gasteiger partial charge in [-0.25, -0.2) is 0 Å². The number of hydrogen-bond donors (Lipinski definition) is 1. The molecule has 17 heavy (non-hydrogen) atoms. The van der Waals surface area contributed by atoms with Crippen LogP contribution in [0.2, 0.25) is 0 Å². The molecular formula is C14H21BrN2. The van der Waals surface area contributed by atoms with E-state index < -0.39 is 0 Å². The number of anilines is 1. The molecule has 0 bridgehead atoms. The van der Waals surface area contributed by atoms with Crippen molar-refractivity contribution in [1.29, 1.82) is 0 Å². The molecule has 1 rings (SSSR count). The lowest BCUT2D eigenvalue weighted by Crippen LogP contribution is -2.24. The van der Waals surface area contributed by atoms with Crippen molar-refractivity contribution in [2.45, 2.75) is 26.3 Å². The van der Waals surface area contributed by atoms with E-state index in [1.54, 1.807) is 0 Å². The van der Waals surface area contributed by atoms with Crippen LogP contribution >= 0.6 is 15.9 Å². The van der Waals surface area contributed by atoms with E-state index in [1.165, 1.54) is 5.69 Å². The zero-order chi connectivity index (χ0) is 12.8. The van der Waals surface area contributed by atoms with Crippen molar-refractivity contribution >= 4 is 21.6 Å². The quantitative estimate of drug-likeness (QED) is 0.808. The minimum atomic E-state index is 0.0532. The summed E-state index contributed by atoms with van der Waals surface area (Å²) in [5.41, 5.74) is 8.25. The average Bonchev–Trinajstić information content (AvgIpc) is 2.28. The van der Waals surface area contributed by atoms with Crippen molar-refractivity contribution in [3.05, 3.63) is 40.9 Å². The second-order valence-electron chi connectivity index (χ2n) is 4.23. The fourth-order valence-corrected chi connectivity index (χ4v) is 2.56. The number of hydrogen-bond acceptors (Lipinski definition) is 2. The maximum absolute atomic E-state index is 5.90. The van der Waals surface area contributed by atoms with E-state index in [0.717, 1.165) is 29.5 Å². The summed E-state index contributed by atoms with van der Waals surface area (Å²) in [5, 5.41) is 0. The van der Waals surface area contributed by atoms with Gasteiger partial charge in [-0.2, -0.15) is 0 Å². The van der Waals surface area contributed by atoms with Crippen molar-refractivity contribution in [3.8, 4) is 0 Å². The third kappa shape index (κ3) is 3.86. The molecule has 2 N–H and O–H groups in total. The van der Waals surface area contributed by atoms with E-state index in [0.29, 0.717) is 0 Å². The normalized spacial score (nSPS) is 12.2. The highest BCUT2D eigenvalue weighted by Gasteiger charge is 2.09. The fourth-order valence-electron chi connectivity index (χ4n) is 1.83. The van der Waals surface area contributed by atoms with Crippen LogP contribution < -0.4 is 10.6 Å². The molecule has 0 aliphatic carbocycles. The molecule has 0 aromatic heterocycles. The highest BCUT2D eigenvalue weighted by Crippen LogP contribution is 2.27. The topological polar surface area (TPSA) is 29.3 Å². The monoisotopic (exact) mass is 296 g/mol. The first-order chi connectivity index (χ1) is 8.10. The molecule has 0 amide bonds. The first-order valence-corrected chi connectivity index (χ1v) is 6.80. The van der Waals surface area contributed by atoms with Crippen molar-refractivity contribution in [2.24, 2.45) is 5.73 Å². The first-order valence-electron chi connectivity index (χ1n) is 6.01. The Labute approximate surface area is 113 Å². The van der Waals surface area contributed by atoms with Gasteiger partial charge >= 0.3 is 0 Å². The molecule has 0 radical (unpaired) electrons. The summed E-state index contributed by atoms with van der Waals surface area (Å²) in [6.45, 7) is 9.89. The van der Waals surface area contributed by atoms with E-state index in [-0.39, 0.29) is 6.04 Å². The predicted octanol–water partition coefficient (Wildman–Crippen LogP) is 3.87. The molecule has 0 saturated heterocycles. The van der Waals surface area contributed by atoms with Crippen LogP contribution in [0.15, 0.2) is 35.3 Å². The molecule has 0 saturated carbocycles. The lowest BCUT2D eigenvalue weighted by molar-refractivity contribution is 0.802. The zero-order valence-corrected chi connectivity index (χ0v) is 12.2. The fraction of sp³-hybridized carbons (Fsp3) is 0.429. The van der Waals surface area contributed by atoms with E-state index in [1.807, 2.05) is 13.0 Å². The summed E-state index contributed by atoms with van der Waals surface area (Å²) in [6.07, 6.45) is 3.06. The Morgan fingerprint density at radius 3 is 2.71 bits per heavy atom. The number of nitrogens with two attached hydrogens (primary N) is 1. The Morgan fingerprint density at radius 1 is 1.53 bits per heavy atom. The molecule has 1 unspecified atom stereocenters. The van der Waals surface area contributed by atoms with Crippen molar-refractivity contribution in [1.82, 2.24) is 0 Å². The summed E-state index contributed by atoms with van der Waals surface area (Å²) in [7, 11) is 0. The average molecular weight is 297 g/mol. The summed E-state index contributed by atoms with van der Waals surface area (Å²) in [6, 6.07) is 6.41. The molecule has 0 aliphatic rings. The maximum atomic E-state index is 5.90. The highest BCUT2D eigenvalue weighted by atomic mass is 79.9. The Bertz CT molecular complexity index is 374. The van der Waals surface area contributed by atoms with Crippen LogP contribution in [-0.2, 0) is 0 Å². The molecule has 3 heteroatoms. The van der Waals surface area contributed by atoms with Gasteiger partial charge in [0.1, 0.15) is 0 Å². The van der Waals surface area contributed by atoms with Crippen LogP contribution in [0.4, 0.5) is 5.69 Å². The third-order valence-corrected chi connectivity index (χ3v) is 3.37. The molecule has 1 atom stereocenters. The van der Waals surface area contributed by atoms with Gasteiger partial charge in [0.25, 0.3) is 0 Å². The molecule has 0 spiro atoms. The van der Waals surface area contributed by atoms with Crippen molar-refractivity contribution < 1.29 is 0 Å². The molecule has 1 aromatic carbocycles. The van der Waals surface area contributed by atoms with Gasteiger partial charge < -0.3 is 10.6 Å². The van der Waals surface area contributed by atoms with E-state index in [2.05, 4.69) is 52.5 Å². The molecule has 0 heterocycles. The summed E-state index contributed by atoms with van der Waals surface area (Å²) in [5.74, 6) is 0. The standard InChI is InChI=1S/C14H21BrN2/c1-4-8-17(9-5-2)12-6-7-13(11(3)16)14(15)10-12/h4,6-7,10-11H,1,5,8-9,16H2,2-3H3. The van der Waals surface area contributed by atoms with Gasteiger partial charge in [-0.3, -0.25) is 0 Å². The van der Waals surface area contributed by atoms with Gasteiger partial charge in [-0.15, -0.1) is 6.58 Å². The van der Waals surface area contributed by atoms with Crippen molar-refractivity contribution in [3.63, 3.8) is 0 Å². The SMILES string of the molecule is C=CCN(CCC)c1ccc(C(C)N)c(Br)c1. The van der Waals surface area contributed by atoms with Gasteiger partial charge in [-0.1, -0.05) is 35.0 Å². The largest absolute Gasteiger partial charge is 0.368 e. The van der Waals surface area contributed by atoms with Gasteiger partial charge in [-0.05, 0) is 31.0 Å². The van der Waals surface area contributed by atoms with E-state index in [9.17, 15) is 0 Å². The maximum Gasteiger partial charge on any atom is 0.0380 e. The predicted molar refractivity (Wildman–Crippen MR) is 79.4 cm³/mol. The molecule has 94 valence electrons. The molecule has 1 aromatic rings. The highest BCUT2D eigenvalue weighted by molar-refractivity contribution is 9.10. The Kier molecular flexibility index (Phi) is 5.72. The number of rotatable bonds is 6. The van der Waals surface area contributed by atoms with Crippen LogP contribution in [0.1, 0.15) is 31.9 Å². The Hall–Kier alpha value is -0.800. The number of nitrogens with zero attached hydrogens (tertiary/aromatic N) is 1. The Balaban J connectivity index is 2.97.